The predicted octanol–water partition coefficient (Wildman–Crippen LogP) is 0.417. The number of nitrogens with zero attached hydrogens (tertiary/aromatic N) is 3. The van der Waals surface area contributed by atoms with E-state index in [4.69, 9.17) is 5.11 Å². The van der Waals surface area contributed by atoms with Gasteiger partial charge in [-0.1, -0.05) is 0 Å². The lowest BCUT2D eigenvalue weighted by atomic mass is 10.1. The molecule has 8 nitrogen and oxygen atoms in total. The number of thiazole rings is 1. The van der Waals surface area contributed by atoms with Crippen LogP contribution < -0.4 is 5.32 Å². The summed E-state index contributed by atoms with van der Waals surface area (Å²) in [5.41, 5.74) is -0.677. The van der Waals surface area contributed by atoms with E-state index < -0.39 is 17.5 Å². The molecule has 9 heteroatoms. The fourth-order valence-electron chi connectivity index (χ4n) is 1.67. The average Bonchev–Trinajstić information content (AvgIpc) is 3.02. The smallest absolute Gasteiger partial charge is 0.337 e. The van der Waals surface area contributed by atoms with Gasteiger partial charge < -0.3 is 15.5 Å². The number of carboxylic acids is 1. The minimum absolute atomic E-state index is 0.375. The maximum atomic E-state index is 12.1. The van der Waals surface area contributed by atoms with Gasteiger partial charge in [0.15, 0.2) is 5.60 Å². The number of hydrogen-bond donors (Lipinski definition) is 3. The third kappa shape index (κ3) is 3.31. The monoisotopic (exact) mass is 324 g/mol. The van der Waals surface area contributed by atoms with Crippen LogP contribution in [0.5, 0.6) is 0 Å². The number of nitrogens with one attached hydrogen (secondary N) is 1. The van der Waals surface area contributed by atoms with Crippen molar-refractivity contribution >= 4 is 23.2 Å². The van der Waals surface area contributed by atoms with E-state index in [1.165, 1.54) is 11.3 Å². The maximum Gasteiger partial charge on any atom is 0.337 e. The fraction of sp³-hybridized carbons (Fsp3) is 0.385. The van der Waals surface area contributed by atoms with E-state index in [1.807, 2.05) is 0 Å². The summed E-state index contributed by atoms with van der Waals surface area (Å²) in [5.74, 6) is -1.86. The highest BCUT2D eigenvalue weighted by Gasteiger charge is 2.31. The van der Waals surface area contributed by atoms with Crippen molar-refractivity contribution in [3.63, 3.8) is 0 Å². The summed E-state index contributed by atoms with van der Waals surface area (Å²) in [7, 11) is 1.78. The molecule has 0 fully saturated rings. The molecular weight excluding hydrogens is 308 g/mol. The topological polar surface area (TPSA) is 117 Å². The highest BCUT2D eigenvalue weighted by Crippen LogP contribution is 2.27. The van der Waals surface area contributed by atoms with E-state index in [0.29, 0.717) is 15.6 Å². The Labute approximate surface area is 130 Å². The van der Waals surface area contributed by atoms with Gasteiger partial charge in [0.25, 0.3) is 5.91 Å². The number of carboxylic acid groups (broad SMARTS) is 1. The molecule has 0 aliphatic carbocycles. The summed E-state index contributed by atoms with van der Waals surface area (Å²) >= 11 is 1.19. The summed E-state index contributed by atoms with van der Waals surface area (Å²) in [6.07, 6.45) is 3.43. The SMILES string of the molecule is Cc1nc(-c2cnn(C)c2)sc1C(=O)NCC(C)(O)C(=O)O. The number of aromatic nitrogens is 3. The maximum absolute atomic E-state index is 12.1. The Hall–Kier alpha value is -2.26. The highest BCUT2D eigenvalue weighted by molar-refractivity contribution is 7.17. The highest BCUT2D eigenvalue weighted by atomic mass is 32.1. The van der Waals surface area contributed by atoms with Gasteiger partial charge in [0.2, 0.25) is 0 Å². The molecule has 0 bridgehead atoms. The van der Waals surface area contributed by atoms with E-state index in [1.54, 1.807) is 31.0 Å². The van der Waals surface area contributed by atoms with Crippen molar-refractivity contribution in [1.82, 2.24) is 20.1 Å². The Balaban J connectivity index is 2.14. The van der Waals surface area contributed by atoms with Crippen molar-refractivity contribution in [2.24, 2.45) is 7.05 Å². The van der Waals surface area contributed by atoms with E-state index in [9.17, 15) is 14.7 Å². The molecule has 1 atom stereocenters. The summed E-state index contributed by atoms with van der Waals surface area (Å²) in [4.78, 5) is 27.6. The first kappa shape index (κ1) is 16.1. The number of aryl methyl sites for hydroxylation is 2. The zero-order valence-corrected chi connectivity index (χ0v) is 13.1. The van der Waals surface area contributed by atoms with Gasteiger partial charge in [0.1, 0.15) is 9.88 Å². The van der Waals surface area contributed by atoms with Crippen LogP contribution in [0, 0.1) is 6.92 Å². The Morgan fingerprint density at radius 3 is 2.73 bits per heavy atom. The van der Waals surface area contributed by atoms with Gasteiger partial charge in [-0.25, -0.2) is 9.78 Å². The van der Waals surface area contributed by atoms with Crippen LogP contribution in [0.2, 0.25) is 0 Å². The molecular formula is C13H16N4O4S. The van der Waals surface area contributed by atoms with Gasteiger partial charge >= 0.3 is 5.97 Å². The van der Waals surface area contributed by atoms with Crippen molar-refractivity contribution in [2.45, 2.75) is 19.4 Å². The number of aliphatic carboxylic acids is 1. The van der Waals surface area contributed by atoms with E-state index in [2.05, 4.69) is 15.4 Å². The number of carbonyl (C=O) groups excluding carboxylic acids is 1. The van der Waals surface area contributed by atoms with Crippen LogP contribution in [-0.4, -0.2) is 49.0 Å². The lowest BCUT2D eigenvalue weighted by molar-refractivity contribution is -0.155. The number of aliphatic hydroxyl groups is 1. The molecule has 0 saturated carbocycles. The van der Waals surface area contributed by atoms with E-state index in [-0.39, 0.29) is 6.54 Å². The number of rotatable bonds is 5. The molecule has 3 N–H and O–H groups in total. The van der Waals surface area contributed by atoms with Crippen molar-refractivity contribution in [1.29, 1.82) is 0 Å². The normalized spacial score (nSPS) is 13.6. The average molecular weight is 324 g/mol. The first-order valence-corrected chi connectivity index (χ1v) is 7.23. The van der Waals surface area contributed by atoms with Crippen LogP contribution in [0.3, 0.4) is 0 Å². The van der Waals surface area contributed by atoms with Crippen LogP contribution in [0.15, 0.2) is 12.4 Å². The van der Waals surface area contributed by atoms with Crippen LogP contribution in [0.25, 0.3) is 10.6 Å². The molecule has 1 unspecified atom stereocenters. The van der Waals surface area contributed by atoms with Crippen LogP contribution >= 0.6 is 11.3 Å². The molecule has 2 heterocycles. The van der Waals surface area contributed by atoms with Crippen molar-refractivity contribution in [2.75, 3.05) is 6.54 Å². The van der Waals surface area contributed by atoms with Gasteiger partial charge in [-0.2, -0.15) is 5.10 Å². The fourth-order valence-corrected chi connectivity index (χ4v) is 2.63. The number of amides is 1. The van der Waals surface area contributed by atoms with Gasteiger partial charge in [-0.15, -0.1) is 11.3 Å². The summed E-state index contributed by atoms with van der Waals surface area (Å²) in [6.45, 7) is 2.43. The number of hydrogen-bond acceptors (Lipinski definition) is 6. The molecule has 0 aliphatic rings. The summed E-state index contributed by atoms with van der Waals surface area (Å²) in [6, 6.07) is 0. The molecule has 1 amide bonds. The number of carbonyl (C=O) groups is 2. The Morgan fingerprint density at radius 1 is 1.50 bits per heavy atom. The van der Waals surface area contributed by atoms with Crippen molar-refractivity contribution < 1.29 is 19.8 Å². The molecule has 0 saturated heterocycles. The summed E-state index contributed by atoms with van der Waals surface area (Å²) < 4.78 is 1.63. The molecule has 22 heavy (non-hydrogen) atoms. The lowest BCUT2D eigenvalue weighted by Crippen LogP contribution is -2.46. The molecule has 2 rings (SSSR count). The third-order valence-corrected chi connectivity index (χ3v) is 4.21. The quantitative estimate of drug-likeness (QED) is 0.733. The lowest BCUT2D eigenvalue weighted by Gasteiger charge is -2.17. The Kier molecular flexibility index (Phi) is 4.29. The van der Waals surface area contributed by atoms with E-state index in [0.717, 1.165) is 12.5 Å². The minimum Gasteiger partial charge on any atom is -0.479 e. The van der Waals surface area contributed by atoms with Crippen molar-refractivity contribution in [3.8, 4) is 10.6 Å². The molecule has 0 radical (unpaired) electrons. The molecule has 2 aromatic heterocycles. The third-order valence-electron chi connectivity index (χ3n) is 3.01. The molecule has 118 valence electrons. The van der Waals surface area contributed by atoms with E-state index >= 15 is 0 Å². The molecule has 2 aromatic rings. The van der Waals surface area contributed by atoms with Crippen LogP contribution in [0.4, 0.5) is 0 Å². The zero-order chi connectivity index (χ0) is 16.5. The second kappa shape index (κ2) is 5.85. The van der Waals surface area contributed by atoms with Gasteiger partial charge in [-0.05, 0) is 13.8 Å². The zero-order valence-electron chi connectivity index (χ0n) is 12.3. The van der Waals surface area contributed by atoms with Crippen LogP contribution in [-0.2, 0) is 11.8 Å². The first-order valence-electron chi connectivity index (χ1n) is 6.41. The molecule has 0 aromatic carbocycles. The largest absolute Gasteiger partial charge is 0.479 e. The Bertz CT molecular complexity index is 719. The van der Waals surface area contributed by atoms with Crippen molar-refractivity contribution in [3.05, 3.63) is 23.0 Å². The summed E-state index contributed by atoms with van der Waals surface area (Å²) in [5, 5.41) is 25.5. The molecule has 0 aliphatic heterocycles. The minimum atomic E-state index is -2.01. The second-order valence-electron chi connectivity index (χ2n) is 5.10. The molecule has 0 spiro atoms. The van der Waals surface area contributed by atoms with Gasteiger partial charge in [0.05, 0.1) is 18.4 Å². The van der Waals surface area contributed by atoms with Gasteiger partial charge in [-0.3, -0.25) is 9.48 Å². The second-order valence-corrected chi connectivity index (χ2v) is 6.10. The van der Waals surface area contributed by atoms with Gasteiger partial charge in [0, 0.05) is 18.8 Å². The first-order chi connectivity index (χ1) is 10.2. The Morgan fingerprint density at radius 2 is 2.18 bits per heavy atom. The predicted molar refractivity (Wildman–Crippen MR) is 79.6 cm³/mol. The van der Waals surface area contributed by atoms with Crippen LogP contribution in [0.1, 0.15) is 22.3 Å². The standard InChI is InChI=1S/C13H16N4O4S/c1-7-9(10(18)14-6-13(2,21)12(19)20)22-11(16-7)8-4-15-17(3)5-8/h4-5,21H,6H2,1-3H3,(H,14,18)(H,19,20).